The standard InChI is InChI=1S/C21H17N5OS2/c1-12-13(2)29-20-18(12)19-24-25-21(26(19)11-22-20)28-10-17(27)23-16-9-5-7-14-6-3-4-8-15(14)16/h3-9,11H,10H2,1-2H3,(H,23,27). The summed E-state index contributed by atoms with van der Waals surface area (Å²) in [5.74, 6) is 0.156. The van der Waals surface area contributed by atoms with Gasteiger partial charge in [-0.05, 0) is 30.9 Å². The van der Waals surface area contributed by atoms with E-state index < -0.39 is 0 Å². The number of rotatable bonds is 4. The summed E-state index contributed by atoms with van der Waals surface area (Å²) in [5, 5.41) is 15.5. The fraction of sp³-hybridized carbons (Fsp3) is 0.143. The van der Waals surface area contributed by atoms with Gasteiger partial charge in [-0.3, -0.25) is 9.20 Å². The number of thioether (sulfide) groups is 1. The minimum Gasteiger partial charge on any atom is -0.325 e. The van der Waals surface area contributed by atoms with E-state index in [0.29, 0.717) is 5.16 Å². The molecule has 0 saturated heterocycles. The predicted molar refractivity (Wildman–Crippen MR) is 119 cm³/mol. The van der Waals surface area contributed by atoms with Crippen LogP contribution >= 0.6 is 23.1 Å². The lowest BCUT2D eigenvalue weighted by molar-refractivity contribution is -0.113. The van der Waals surface area contributed by atoms with Crippen molar-refractivity contribution in [2.45, 2.75) is 19.0 Å². The van der Waals surface area contributed by atoms with Gasteiger partial charge >= 0.3 is 0 Å². The number of benzene rings is 2. The first-order valence-electron chi connectivity index (χ1n) is 9.11. The Morgan fingerprint density at radius 2 is 1.97 bits per heavy atom. The second kappa shape index (κ2) is 7.13. The zero-order valence-electron chi connectivity index (χ0n) is 15.8. The largest absolute Gasteiger partial charge is 0.325 e. The first-order valence-corrected chi connectivity index (χ1v) is 10.9. The van der Waals surface area contributed by atoms with Crippen LogP contribution in [0.4, 0.5) is 5.69 Å². The summed E-state index contributed by atoms with van der Waals surface area (Å²) >= 11 is 3.01. The van der Waals surface area contributed by atoms with Crippen molar-refractivity contribution in [3.8, 4) is 0 Å². The van der Waals surface area contributed by atoms with Crippen molar-refractivity contribution < 1.29 is 4.79 Å². The molecule has 5 rings (SSSR count). The molecule has 0 bridgehead atoms. The second-order valence-corrected chi connectivity index (χ2v) is 8.89. The molecule has 1 amide bonds. The number of thiophene rings is 1. The maximum Gasteiger partial charge on any atom is 0.234 e. The Morgan fingerprint density at radius 1 is 1.14 bits per heavy atom. The molecule has 5 aromatic rings. The lowest BCUT2D eigenvalue weighted by Crippen LogP contribution is -2.14. The van der Waals surface area contributed by atoms with Crippen molar-refractivity contribution in [1.82, 2.24) is 19.6 Å². The van der Waals surface area contributed by atoms with E-state index in [4.69, 9.17) is 0 Å². The molecule has 0 fully saturated rings. The molecule has 0 radical (unpaired) electrons. The van der Waals surface area contributed by atoms with Crippen LogP contribution in [0.1, 0.15) is 10.4 Å². The fourth-order valence-electron chi connectivity index (χ4n) is 3.37. The molecule has 0 spiro atoms. The van der Waals surface area contributed by atoms with E-state index in [9.17, 15) is 4.79 Å². The van der Waals surface area contributed by atoms with Gasteiger partial charge in [0, 0.05) is 16.0 Å². The highest BCUT2D eigenvalue weighted by Crippen LogP contribution is 2.32. The SMILES string of the molecule is Cc1sc2ncn3c(SCC(=O)Nc4cccc5ccccc45)nnc3c2c1C. The molecule has 2 aromatic carbocycles. The molecule has 8 heteroatoms. The number of amides is 1. The lowest BCUT2D eigenvalue weighted by atomic mass is 10.1. The normalized spacial score (nSPS) is 11.5. The highest BCUT2D eigenvalue weighted by atomic mass is 32.2. The summed E-state index contributed by atoms with van der Waals surface area (Å²) < 4.78 is 1.86. The van der Waals surface area contributed by atoms with Crippen molar-refractivity contribution in [3.05, 3.63) is 59.2 Å². The summed E-state index contributed by atoms with van der Waals surface area (Å²) in [6.45, 7) is 4.16. The third kappa shape index (κ3) is 3.14. The van der Waals surface area contributed by atoms with E-state index in [-0.39, 0.29) is 11.7 Å². The van der Waals surface area contributed by atoms with Gasteiger partial charge in [0.05, 0.1) is 11.1 Å². The van der Waals surface area contributed by atoms with E-state index in [1.807, 2.05) is 46.9 Å². The van der Waals surface area contributed by atoms with Gasteiger partial charge < -0.3 is 5.32 Å². The minimum atomic E-state index is -0.0836. The smallest absolute Gasteiger partial charge is 0.234 e. The molecule has 29 heavy (non-hydrogen) atoms. The molecule has 0 saturated carbocycles. The maximum absolute atomic E-state index is 12.6. The predicted octanol–water partition coefficient (Wildman–Crippen LogP) is 4.84. The molecule has 0 aliphatic rings. The topological polar surface area (TPSA) is 72.2 Å². The summed E-state index contributed by atoms with van der Waals surface area (Å²) in [6.07, 6.45) is 1.73. The second-order valence-electron chi connectivity index (χ2n) is 6.75. The Hall–Kier alpha value is -2.97. The monoisotopic (exact) mass is 419 g/mol. The summed E-state index contributed by atoms with van der Waals surface area (Å²) in [4.78, 5) is 19.3. The summed E-state index contributed by atoms with van der Waals surface area (Å²) in [6, 6.07) is 13.9. The number of aromatic nitrogens is 4. The van der Waals surface area contributed by atoms with Gasteiger partial charge in [-0.25, -0.2) is 4.98 Å². The minimum absolute atomic E-state index is 0.0836. The van der Waals surface area contributed by atoms with Crippen LogP contribution in [0, 0.1) is 13.8 Å². The van der Waals surface area contributed by atoms with Crippen LogP contribution in [0.25, 0.3) is 26.6 Å². The van der Waals surface area contributed by atoms with Gasteiger partial charge in [0.25, 0.3) is 0 Å². The molecule has 6 nitrogen and oxygen atoms in total. The molecule has 0 unspecified atom stereocenters. The van der Waals surface area contributed by atoms with Crippen LogP contribution in [0.3, 0.4) is 0 Å². The average molecular weight is 420 g/mol. The van der Waals surface area contributed by atoms with Gasteiger partial charge in [0.1, 0.15) is 11.2 Å². The summed E-state index contributed by atoms with van der Waals surface area (Å²) in [7, 11) is 0. The Bertz CT molecular complexity index is 1380. The average Bonchev–Trinajstić information content (AvgIpc) is 3.27. The molecule has 3 heterocycles. The maximum atomic E-state index is 12.6. The number of hydrogen-bond donors (Lipinski definition) is 1. The molecule has 1 N–H and O–H groups in total. The first-order chi connectivity index (χ1) is 14.1. The molecule has 0 atom stereocenters. The van der Waals surface area contributed by atoms with E-state index in [1.54, 1.807) is 17.7 Å². The number of hydrogen-bond acceptors (Lipinski definition) is 6. The molecular weight excluding hydrogens is 402 g/mol. The molecule has 144 valence electrons. The molecule has 0 aliphatic carbocycles. The molecular formula is C21H17N5OS2. The number of fused-ring (bicyclic) bond motifs is 4. The Labute approximate surface area is 175 Å². The van der Waals surface area contributed by atoms with Gasteiger partial charge in [0.15, 0.2) is 10.8 Å². The van der Waals surface area contributed by atoms with Crippen molar-refractivity contribution in [2.75, 3.05) is 11.1 Å². The quantitative estimate of drug-likeness (QED) is 0.422. The van der Waals surface area contributed by atoms with E-state index in [1.165, 1.54) is 22.2 Å². The van der Waals surface area contributed by atoms with Gasteiger partial charge in [-0.2, -0.15) is 0 Å². The number of anilines is 1. The highest BCUT2D eigenvalue weighted by molar-refractivity contribution is 7.99. The van der Waals surface area contributed by atoms with E-state index >= 15 is 0 Å². The van der Waals surface area contributed by atoms with Crippen LogP contribution in [-0.4, -0.2) is 31.2 Å². The van der Waals surface area contributed by atoms with E-state index in [2.05, 4.69) is 34.3 Å². The third-order valence-electron chi connectivity index (χ3n) is 4.94. The number of nitrogens with one attached hydrogen (secondary N) is 1. The van der Waals surface area contributed by atoms with Gasteiger partial charge in [-0.15, -0.1) is 21.5 Å². The van der Waals surface area contributed by atoms with Crippen LogP contribution in [-0.2, 0) is 4.79 Å². The van der Waals surface area contributed by atoms with Gasteiger partial charge in [-0.1, -0.05) is 48.2 Å². The zero-order chi connectivity index (χ0) is 20.0. The number of aryl methyl sites for hydroxylation is 2. The Morgan fingerprint density at radius 3 is 2.86 bits per heavy atom. The number of carbonyl (C=O) groups is 1. The van der Waals surface area contributed by atoms with Crippen molar-refractivity contribution >= 4 is 61.3 Å². The van der Waals surface area contributed by atoms with Crippen LogP contribution < -0.4 is 5.32 Å². The fourth-order valence-corrected chi connectivity index (χ4v) is 5.07. The zero-order valence-corrected chi connectivity index (χ0v) is 17.5. The van der Waals surface area contributed by atoms with Crippen LogP contribution in [0.15, 0.2) is 53.9 Å². The Balaban J connectivity index is 1.38. The van der Waals surface area contributed by atoms with Crippen LogP contribution in [0.5, 0.6) is 0 Å². The third-order valence-corrected chi connectivity index (χ3v) is 7.00. The van der Waals surface area contributed by atoms with Crippen molar-refractivity contribution in [3.63, 3.8) is 0 Å². The van der Waals surface area contributed by atoms with Gasteiger partial charge in [0.2, 0.25) is 5.91 Å². The van der Waals surface area contributed by atoms with E-state index in [0.717, 1.165) is 32.3 Å². The van der Waals surface area contributed by atoms with Crippen molar-refractivity contribution in [1.29, 1.82) is 0 Å². The van der Waals surface area contributed by atoms with Crippen molar-refractivity contribution in [2.24, 2.45) is 0 Å². The highest BCUT2D eigenvalue weighted by Gasteiger charge is 2.16. The first kappa shape index (κ1) is 18.1. The summed E-state index contributed by atoms with van der Waals surface area (Å²) in [5.41, 5.74) is 2.78. The molecule has 3 aromatic heterocycles. The Kier molecular flexibility index (Phi) is 4.44. The number of nitrogens with zero attached hydrogens (tertiary/aromatic N) is 4. The lowest BCUT2D eigenvalue weighted by Gasteiger charge is -2.08. The number of carbonyl (C=O) groups excluding carboxylic acids is 1. The van der Waals surface area contributed by atoms with Crippen LogP contribution in [0.2, 0.25) is 0 Å². The molecule has 0 aliphatic heterocycles.